The molecule has 0 aliphatic heterocycles. The monoisotopic (exact) mass is 462 g/mol. The summed E-state index contributed by atoms with van der Waals surface area (Å²) in [6.45, 7) is 2.07. The Bertz CT molecular complexity index is 1060. The molecule has 178 valence electrons. The zero-order valence-corrected chi connectivity index (χ0v) is 19.3. The lowest BCUT2D eigenvalue weighted by molar-refractivity contribution is -0.143. The van der Waals surface area contributed by atoms with Gasteiger partial charge in [-0.05, 0) is 48.4 Å². The lowest BCUT2D eigenvalue weighted by Gasteiger charge is -2.27. The number of carbonyl (C=O) groups excluding carboxylic acids is 2. The summed E-state index contributed by atoms with van der Waals surface area (Å²) in [5.74, 6) is -1.46. The Hall–Kier alpha value is -3.61. The van der Waals surface area contributed by atoms with E-state index in [0.29, 0.717) is 18.4 Å². The Morgan fingerprint density at radius 1 is 1.03 bits per heavy atom. The first-order valence-electron chi connectivity index (χ1n) is 11.7. The van der Waals surface area contributed by atoms with E-state index in [1.54, 1.807) is 13.0 Å². The number of ether oxygens (including phenoxy) is 1. The van der Waals surface area contributed by atoms with Crippen LogP contribution in [0.4, 0.5) is 4.79 Å². The minimum Gasteiger partial charge on any atom is -0.481 e. The highest BCUT2D eigenvalue weighted by atomic mass is 16.5. The molecular formula is C27H30N2O5. The molecule has 1 fully saturated rings. The summed E-state index contributed by atoms with van der Waals surface area (Å²) in [6.07, 6.45) is 3.76. The lowest BCUT2D eigenvalue weighted by atomic mass is 9.85. The van der Waals surface area contributed by atoms with Crippen LogP contribution in [0, 0.1) is 5.92 Å². The first-order chi connectivity index (χ1) is 16.4. The average molecular weight is 463 g/mol. The number of hydrogen-bond acceptors (Lipinski definition) is 4. The Balaban J connectivity index is 1.25. The molecule has 0 spiro atoms. The largest absolute Gasteiger partial charge is 0.481 e. The minimum atomic E-state index is -0.807. The molecule has 2 amide bonds. The fourth-order valence-electron chi connectivity index (χ4n) is 4.87. The van der Waals surface area contributed by atoms with Gasteiger partial charge < -0.3 is 20.5 Å². The normalized spacial score (nSPS) is 19.6. The minimum absolute atomic E-state index is 0.00803. The van der Waals surface area contributed by atoms with Gasteiger partial charge in [-0.1, -0.05) is 61.0 Å². The van der Waals surface area contributed by atoms with E-state index in [1.807, 2.05) is 24.3 Å². The molecule has 2 aliphatic carbocycles. The molecule has 2 aromatic rings. The van der Waals surface area contributed by atoms with E-state index in [0.717, 1.165) is 24.0 Å². The molecule has 2 atom stereocenters. The molecule has 7 heteroatoms. The highest BCUT2D eigenvalue weighted by molar-refractivity contribution is 5.93. The van der Waals surface area contributed by atoms with Crippen LogP contribution >= 0.6 is 0 Å². The van der Waals surface area contributed by atoms with Gasteiger partial charge in [0.2, 0.25) is 5.91 Å². The van der Waals surface area contributed by atoms with Crippen molar-refractivity contribution in [1.82, 2.24) is 10.6 Å². The van der Waals surface area contributed by atoms with Crippen LogP contribution in [-0.4, -0.2) is 42.3 Å². The van der Waals surface area contributed by atoms with E-state index in [4.69, 9.17) is 4.74 Å². The molecule has 3 N–H and O–H groups in total. The van der Waals surface area contributed by atoms with Crippen molar-refractivity contribution in [3.8, 4) is 11.1 Å². The first-order valence-corrected chi connectivity index (χ1v) is 11.7. The predicted octanol–water partition coefficient (Wildman–Crippen LogP) is 4.23. The maximum absolute atomic E-state index is 12.4. The van der Waals surface area contributed by atoms with Gasteiger partial charge in [-0.2, -0.15) is 0 Å². The standard InChI is InChI=1S/C27H30N2O5/c1-17(25(30)29-19-8-6-7-18(15-19)26(31)32)13-14-28-27(33)34-16-24-22-11-4-2-9-20(22)21-10-3-5-12-23(21)24/h2-5,9-13,18-19,24H,6-8,14-16H2,1H3,(H,28,33)(H,29,30)(H,31,32)/b17-13+/t18-,19+/m0/s1. The second-order valence-corrected chi connectivity index (χ2v) is 8.97. The van der Waals surface area contributed by atoms with Gasteiger partial charge in [0.15, 0.2) is 0 Å². The smallest absolute Gasteiger partial charge is 0.407 e. The number of carbonyl (C=O) groups is 3. The number of rotatable bonds is 7. The Labute approximate surface area is 199 Å². The maximum Gasteiger partial charge on any atom is 0.407 e. The summed E-state index contributed by atoms with van der Waals surface area (Å²) in [5.41, 5.74) is 5.11. The third-order valence-electron chi connectivity index (χ3n) is 6.72. The van der Waals surface area contributed by atoms with Gasteiger partial charge in [-0.25, -0.2) is 4.79 Å². The van der Waals surface area contributed by atoms with Crippen molar-refractivity contribution < 1.29 is 24.2 Å². The van der Waals surface area contributed by atoms with E-state index in [-0.39, 0.29) is 31.0 Å². The first kappa shape index (κ1) is 23.5. The summed E-state index contributed by atoms with van der Waals surface area (Å²) in [4.78, 5) is 35.9. The molecule has 34 heavy (non-hydrogen) atoms. The second kappa shape index (κ2) is 10.5. The fraction of sp³-hybridized carbons (Fsp3) is 0.370. The highest BCUT2D eigenvalue weighted by Crippen LogP contribution is 2.44. The Morgan fingerprint density at radius 2 is 1.68 bits per heavy atom. The number of fused-ring (bicyclic) bond motifs is 3. The van der Waals surface area contributed by atoms with Crippen molar-refractivity contribution >= 4 is 18.0 Å². The number of benzene rings is 2. The van der Waals surface area contributed by atoms with Gasteiger partial charge in [-0.15, -0.1) is 0 Å². The SMILES string of the molecule is C/C(=C\CNC(=O)OCC1c2ccccc2-c2ccccc21)C(=O)N[C@@H]1CCC[C@H](C(=O)O)C1. The number of carboxylic acids is 1. The molecule has 7 nitrogen and oxygen atoms in total. The van der Waals surface area contributed by atoms with Crippen LogP contribution in [0.3, 0.4) is 0 Å². The van der Waals surface area contributed by atoms with E-state index in [9.17, 15) is 19.5 Å². The molecule has 2 aliphatic rings. The topological polar surface area (TPSA) is 105 Å². The van der Waals surface area contributed by atoms with Crippen LogP contribution in [-0.2, 0) is 14.3 Å². The third kappa shape index (κ3) is 5.30. The Kier molecular flexibility index (Phi) is 7.30. The molecule has 4 rings (SSSR count). The van der Waals surface area contributed by atoms with Crippen molar-refractivity contribution in [2.45, 2.75) is 44.6 Å². The van der Waals surface area contributed by atoms with Crippen LogP contribution in [0.5, 0.6) is 0 Å². The molecule has 0 saturated heterocycles. The Morgan fingerprint density at radius 3 is 2.32 bits per heavy atom. The summed E-state index contributed by atoms with van der Waals surface area (Å²) < 4.78 is 5.50. The van der Waals surface area contributed by atoms with E-state index < -0.39 is 18.0 Å². The highest BCUT2D eigenvalue weighted by Gasteiger charge is 2.29. The lowest BCUT2D eigenvalue weighted by Crippen LogP contribution is -2.40. The summed E-state index contributed by atoms with van der Waals surface area (Å²) in [5, 5.41) is 14.8. The van der Waals surface area contributed by atoms with E-state index in [1.165, 1.54) is 11.1 Å². The molecule has 0 aromatic heterocycles. The molecule has 1 saturated carbocycles. The number of hydrogen-bond donors (Lipinski definition) is 3. The zero-order chi connectivity index (χ0) is 24.1. The van der Waals surface area contributed by atoms with E-state index in [2.05, 4.69) is 34.9 Å². The van der Waals surface area contributed by atoms with Gasteiger partial charge in [-0.3, -0.25) is 9.59 Å². The fourth-order valence-corrected chi connectivity index (χ4v) is 4.87. The summed E-state index contributed by atoms with van der Waals surface area (Å²) in [6, 6.07) is 16.2. The van der Waals surface area contributed by atoms with Gasteiger partial charge in [0.25, 0.3) is 0 Å². The summed E-state index contributed by atoms with van der Waals surface area (Å²) >= 11 is 0. The molecule has 0 bridgehead atoms. The van der Waals surface area contributed by atoms with Crippen LogP contribution in [0.2, 0.25) is 0 Å². The van der Waals surface area contributed by atoms with Crippen LogP contribution in [0.25, 0.3) is 11.1 Å². The number of alkyl carbamates (subject to hydrolysis) is 1. The van der Waals surface area contributed by atoms with Gasteiger partial charge in [0.1, 0.15) is 6.61 Å². The predicted molar refractivity (Wildman–Crippen MR) is 128 cm³/mol. The molecular weight excluding hydrogens is 432 g/mol. The average Bonchev–Trinajstić information content (AvgIpc) is 3.16. The van der Waals surface area contributed by atoms with Crippen molar-refractivity contribution in [3.63, 3.8) is 0 Å². The van der Waals surface area contributed by atoms with Crippen LogP contribution < -0.4 is 10.6 Å². The number of nitrogens with one attached hydrogen (secondary N) is 2. The van der Waals surface area contributed by atoms with Crippen LogP contribution in [0.1, 0.15) is 49.7 Å². The van der Waals surface area contributed by atoms with Crippen molar-refractivity contribution in [3.05, 3.63) is 71.3 Å². The van der Waals surface area contributed by atoms with Crippen LogP contribution in [0.15, 0.2) is 60.2 Å². The number of aliphatic carboxylic acids is 1. The quantitative estimate of drug-likeness (QED) is 0.534. The van der Waals surface area contributed by atoms with Gasteiger partial charge in [0.05, 0.1) is 5.92 Å². The molecule has 0 unspecified atom stereocenters. The second-order valence-electron chi connectivity index (χ2n) is 8.97. The third-order valence-corrected chi connectivity index (χ3v) is 6.72. The van der Waals surface area contributed by atoms with Gasteiger partial charge in [0, 0.05) is 24.1 Å². The van der Waals surface area contributed by atoms with Gasteiger partial charge >= 0.3 is 12.1 Å². The molecule has 2 aromatic carbocycles. The molecule has 0 radical (unpaired) electrons. The summed E-state index contributed by atoms with van der Waals surface area (Å²) in [7, 11) is 0. The number of amides is 2. The van der Waals surface area contributed by atoms with Crippen molar-refractivity contribution in [2.24, 2.45) is 5.92 Å². The number of carboxylic acid groups (broad SMARTS) is 1. The zero-order valence-electron chi connectivity index (χ0n) is 19.3. The van der Waals surface area contributed by atoms with E-state index >= 15 is 0 Å². The maximum atomic E-state index is 12.4. The molecule has 0 heterocycles. The van der Waals surface area contributed by atoms with Crippen molar-refractivity contribution in [2.75, 3.05) is 13.2 Å². The van der Waals surface area contributed by atoms with Crippen molar-refractivity contribution in [1.29, 1.82) is 0 Å².